The maximum absolute atomic E-state index is 15.3. The van der Waals surface area contributed by atoms with Gasteiger partial charge in [-0.05, 0) is 32.0 Å². The van der Waals surface area contributed by atoms with Gasteiger partial charge in [0.25, 0.3) is 5.13 Å². The van der Waals surface area contributed by atoms with Gasteiger partial charge in [-0.1, -0.05) is 43.6 Å². The van der Waals surface area contributed by atoms with Crippen LogP contribution in [0.25, 0.3) is 0 Å². The van der Waals surface area contributed by atoms with Crippen molar-refractivity contribution in [2.45, 2.75) is 63.4 Å². The molecule has 16 heteroatoms. The third-order valence-corrected chi connectivity index (χ3v) is 7.88. The van der Waals surface area contributed by atoms with Crippen LogP contribution in [0.3, 0.4) is 0 Å². The van der Waals surface area contributed by atoms with E-state index in [0.717, 1.165) is 6.20 Å². The third kappa shape index (κ3) is 7.45. The fourth-order valence-corrected chi connectivity index (χ4v) is 5.48. The molecule has 1 aliphatic heterocycles. The number of anilines is 1. The number of carbonyl (C=O) groups excluding carboxylic acids is 2. The first-order valence-electron chi connectivity index (χ1n) is 12.2. The molecule has 1 aromatic heterocycles. The molecule has 1 saturated heterocycles. The molecule has 1 aliphatic rings. The zero-order chi connectivity index (χ0) is 29.8. The minimum absolute atomic E-state index is 0.0877. The topological polar surface area (TPSA) is 181 Å². The molecule has 1 fully saturated rings. The van der Waals surface area contributed by atoms with Crippen LogP contribution < -0.4 is 21.0 Å². The fourth-order valence-electron chi connectivity index (χ4n) is 3.69. The van der Waals surface area contributed by atoms with Gasteiger partial charge in [0, 0.05) is 12.1 Å². The van der Waals surface area contributed by atoms with Crippen molar-refractivity contribution >= 4 is 36.9 Å². The molecule has 3 rings (SSSR count). The lowest BCUT2D eigenvalue weighted by Crippen LogP contribution is -2.41. The van der Waals surface area contributed by atoms with E-state index in [1.54, 1.807) is 32.0 Å². The number of benzene rings is 1. The van der Waals surface area contributed by atoms with E-state index in [1.807, 2.05) is 0 Å². The summed E-state index contributed by atoms with van der Waals surface area (Å²) in [5, 5.41) is 9.92. The molecule has 220 valence electrons. The second kappa shape index (κ2) is 12.8. The second-order valence-electron chi connectivity index (χ2n) is 9.37. The van der Waals surface area contributed by atoms with Gasteiger partial charge in [-0.15, -0.1) is 0 Å². The highest BCUT2D eigenvalue weighted by molar-refractivity contribution is 7.52. The number of rotatable bonds is 12. The van der Waals surface area contributed by atoms with Crippen LogP contribution in [-0.2, 0) is 28.2 Å². The maximum Gasteiger partial charge on any atom is 0.459 e. The van der Waals surface area contributed by atoms with Crippen molar-refractivity contribution in [3.8, 4) is 5.75 Å². The number of nitrogen functional groups attached to an aromatic ring is 1. The summed E-state index contributed by atoms with van der Waals surface area (Å²) in [6, 6.07) is 7.70. The summed E-state index contributed by atoms with van der Waals surface area (Å²) in [5.41, 5.74) is 4.47. The summed E-state index contributed by atoms with van der Waals surface area (Å²) in [6.07, 6.45) is -5.41. The van der Waals surface area contributed by atoms with E-state index in [0.29, 0.717) is 4.57 Å². The molecular formula is C24H31ClFN4O9P. The third-order valence-electron chi connectivity index (χ3n) is 5.83. The highest BCUT2D eigenvalue weighted by atomic mass is 35.5. The smallest absolute Gasteiger partial charge is 0.453 e. The number of nitrogens with zero attached hydrogens (tertiary/aromatic N) is 2. The zero-order valence-corrected chi connectivity index (χ0v) is 23.8. The predicted molar refractivity (Wildman–Crippen MR) is 141 cm³/mol. The van der Waals surface area contributed by atoms with Gasteiger partial charge in [-0.2, -0.15) is 10.1 Å². The van der Waals surface area contributed by atoms with Gasteiger partial charge in [-0.3, -0.25) is 18.7 Å². The Labute approximate surface area is 234 Å². The lowest BCUT2D eigenvalue weighted by Gasteiger charge is -2.25. The number of Topliss-reactive ketones (excluding diaryl/α,β-unsaturated/α-hetero) is 1. The van der Waals surface area contributed by atoms with E-state index in [9.17, 15) is 24.1 Å². The van der Waals surface area contributed by atoms with E-state index >= 15 is 4.39 Å². The van der Waals surface area contributed by atoms with E-state index < -0.39 is 61.7 Å². The Bertz CT molecular complexity index is 1310. The molecule has 2 unspecified atom stereocenters. The van der Waals surface area contributed by atoms with Crippen molar-refractivity contribution in [2.75, 3.05) is 12.3 Å². The van der Waals surface area contributed by atoms with Crippen molar-refractivity contribution in [3.05, 3.63) is 53.1 Å². The first-order chi connectivity index (χ1) is 18.6. The Morgan fingerprint density at radius 1 is 1.27 bits per heavy atom. The summed E-state index contributed by atoms with van der Waals surface area (Å²) in [6.45, 7) is 5.27. The molecule has 7 atom stereocenters. The molecule has 2 heterocycles. The van der Waals surface area contributed by atoms with Crippen LogP contribution in [0.4, 0.5) is 10.2 Å². The van der Waals surface area contributed by atoms with E-state index in [4.69, 9.17) is 35.9 Å². The number of nitrogens with two attached hydrogens (primary N) is 1. The van der Waals surface area contributed by atoms with Gasteiger partial charge < -0.3 is 24.8 Å². The van der Waals surface area contributed by atoms with Crippen LogP contribution in [0.1, 0.15) is 33.9 Å². The van der Waals surface area contributed by atoms with Crippen LogP contribution in [0, 0.1) is 5.92 Å². The molecule has 2 aromatic rings. The standard InChI is InChI=1S/C24H31ClFN4O9P/c1-13(2)19(31)15(4)37-21(33)14(3)29-40(35,39-16-8-6-5-7-9-16)36-12-17-20(32)24(25,26)22(38-17)30-11-10-18(27)28-23(30)34/h5-11,13-15,17,20,22,32H,12H2,1-4H3,(H,29,35)(H2,27,28,34)/t14-,15-,17?,20+,22?,24+,40-/m0/s1. The number of aliphatic hydroxyl groups excluding tert-OH is 1. The number of aliphatic hydroxyl groups is 1. The normalized spacial score (nSPS) is 25.6. The first-order valence-corrected chi connectivity index (χ1v) is 14.1. The number of carbonyl (C=O) groups is 2. The Morgan fingerprint density at radius 2 is 1.93 bits per heavy atom. The number of para-hydroxylation sites is 1. The van der Waals surface area contributed by atoms with Gasteiger partial charge in [0.2, 0.25) is 0 Å². The number of alkyl halides is 2. The fraction of sp³-hybridized carbons (Fsp3) is 0.500. The summed E-state index contributed by atoms with van der Waals surface area (Å²) in [4.78, 5) is 40.4. The molecule has 0 radical (unpaired) electrons. The molecule has 4 N–H and O–H groups in total. The average Bonchev–Trinajstić information content (AvgIpc) is 3.10. The lowest BCUT2D eigenvalue weighted by molar-refractivity contribution is -0.156. The maximum atomic E-state index is 15.3. The average molecular weight is 605 g/mol. The highest BCUT2D eigenvalue weighted by Gasteiger charge is 2.58. The predicted octanol–water partition coefficient (Wildman–Crippen LogP) is 2.33. The van der Waals surface area contributed by atoms with Crippen LogP contribution in [0.15, 0.2) is 47.4 Å². The molecule has 0 spiro atoms. The number of esters is 1. The number of ether oxygens (including phenoxy) is 2. The van der Waals surface area contributed by atoms with Gasteiger partial charge in [0.1, 0.15) is 29.8 Å². The van der Waals surface area contributed by atoms with Crippen molar-refractivity contribution in [1.82, 2.24) is 14.6 Å². The monoisotopic (exact) mass is 604 g/mol. The number of halogens is 2. The molecule has 0 bridgehead atoms. The lowest BCUT2D eigenvalue weighted by atomic mass is 10.1. The molecule has 40 heavy (non-hydrogen) atoms. The molecule has 0 saturated carbocycles. The number of nitrogens with one attached hydrogen (secondary N) is 1. The van der Waals surface area contributed by atoms with Gasteiger partial charge in [0.05, 0.1) is 6.61 Å². The number of hydrogen-bond acceptors (Lipinski definition) is 11. The Balaban J connectivity index is 1.77. The van der Waals surface area contributed by atoms with Crippen molar-refractivity contribution in [3.63, 3.8) is 0 Å². The largest absolute Gasteiger partial charge is 0.459 e. The number of aromatic nitrogens is 2. The second-order valence-corrected chi connectivity index (χ2v) is 11.6. The molecule has 0 amide bonds. The SMILES string of the molecule is CC(C)C(=O)[C@H](C)OC(=O)[C@H](C)N[P@](=O)(OCC1OC(n2ccc(N)nc2=O)[C@@](F)(Cl)[C@@H]1O)Oc1ccccc1. The van der Waals surface area contributed by atoms with Crippen molar-refractivity contribution in [1.29, 1.82) is 0 Å². The number of ketones is 1. The zero-order valence-electron chi connectivity index (χ0n) is 22.1. The van der Waals surface area contributed by atoms with Gasteiger partial charge in [0.15, 0.2) is 18.1 Å². The molecule has 0 aliphatic carbocycles. The van der Waals surface area contributed by atoms with Crippen LogP contribution in [-0.4, -0.2) is 62.5 Å². The van der Waals surface area contributed by atoms with Crippen molar-refractivity contribution in [2.24, 2.45) is 5.92 Å². The summed E-state index contributed by atoms with van der Waals surface area (Å²) in [5.74, 6) is -1.65. The number of hydrogen-bond donors (Lipinski definition) is 3. The minimum Gasteiger partial charge on any atom is -0.453 e. The van der Waals surface area contributed by atoms with Crippen molar-refractivity contribution < 1.29 is 42.2 Å². The summed E-state index contributed by atoms with van der Waals surface area (Å²) in [7, 11) is -4.46. The van der Waals surface area contributed by atoms with Crippen LogP contribution in [0.5, 0.6) is 5.75 Å². The Hall–Kier alpha value is -2.87. The Kier molecular flexibility index (Phi) is 10.1. The Morgan fingerprint density at radius 3 is 2.52 bits per heavy atom. The van der Waals surface area contributed by atoms with Crippen LogP contribution >= 0.6 is 19.3 Å². The molecule has 1 aromatic carbocycles. The molecule has 13 nitrogen and oxygen atoms in total. The van der Waals surface area contributed by atoms with Gasteiger partial charge in [-0.25, -0.2) is 13.8 Å². The summed E-state index contributed by atoms with van der Waals surface area (Å²) < 4.78 is 51.3. The van der Waals surface area contributed by atoms with E-state index in [1.165, 1.54) is 32.0 Å². The minimum atomic E-state index is -4.46. The first kappa shape index (κ1) is 31.7. The van der Waals surface area contributed by atoms with Crippen LogP contribution in [0.2, 0.25) is 0 Å². The highest BCUT2D eigenvalue weighted by Crippen LogP contribution is 2.48. The van der Waals surface area contributed by atoms with E-state index in [-0.39, 0.29) is 23.3 Å². The van der Waals surface area contributed by atoms with E-state index in [2.05, 4.69) is 10.1 Å². The van der Waals surface area contributed by atoms with Gasteiger partial charge >= 0.3 is 19.4 Å². The molecular weight excluding hydrogens is 574 g/mol. The quantitative estimate of drug-likeness (QED) is 0.183. The summed E-state index contributed by atoms with van der Waals surface area (Å²) >= 11 is 5.91.